The highest BCUT2D eigenvalue weighted by atomic mass is 19.4. The third kappa shape index (κ3) is 5.51. The molecule has 0 aliphatic heterocycles. The van der Waals surface area contributed by atoms with Crippen molar-refractivity contribution in [3.05, 3.63) is 92.0 Å². The van der Waals surface area contributed by atoms with Crippen molar-refractivity contribution in [2.45, 2.75) is 12.4 Å². The van der Waals surface area contributed by atoms with Gasteiger partial charge in [-0.1, -0.05) is 0 Å². The number of hydrogen-bond acceptors (Lipinski definition) is 6. The first-order valence-electron chi connectivity index (χ1n) is 8.93. The lowest BCUT2D eigenvalue weighted by Crippen LogP contribution is -2.08. The van der Waals surface area contributed by atoms with Crippen molar-refractivity contribution in [2.75, 3.05) is 0 Å². The molecule has 0 atom stereocenters. The van der Waals surface area contributed by atoms with Crippen molar-refractivity contribution in [1.82, 2.24) is 0 Å². The lowest BCUT2D eigenvalue weighted by atomic mass is 10.1. The van der Waals surface area contributed by atoms with E-state index in [0.29, 0.717) is 12.1 Å². The van der Waals surface area contributed by atoms with Gasteiger partial charge in [-0.25, -0.2) is 0 Å². The molecule has 0 amide bonds. The van der Waals surface area contributed by atoms with E-state index in [0.717, 1.165) is 48.5 Å². The third-order valence-electron chi connectivity index (χ3n) is 4.24. The molecule has 0 radical (unpaired) electrons. The lowest BCUT2D eigenvalue weighted by molar-refractivity contribution is -0.385. The molecule has 0 aliphatic rings. The van der Waals surface area contributed by atoms with Crippen molar-refractivity contribution in [3.63, 3.8) is 0 Å². The van der Waals surface area contributed by atoms with Gasteiger partial charge in [-0.05, 0) is 36.4 Å². The number of nitro benzene ring substituents is 2. The molecule has 0 aliphatic carbocycles. The molecule has 8 nitrogen and oxygen atoms in total. The number of non-ortho nitro benzene ring substituents is 2. The highest BCUT2D eigenvalue weighted by molar-refractivity contribution is 5.49. The first-order valence-corrected chi connectivity index (χ1v) is 8.93. The summed E-state index contributed by atoms with van der Waals surface area (Å²) in [6.45, 7) is 0. The number of halogens is 6. The van der Waals surface area contributed by atoms with Crippen LogP contribution in [0.2, 0.25) is 0 Å². The smallest absolute Gasteiger partial charge is 0.420 e. The van der Waals surface area contributed by atoms with Crippen molar-refractivity contribution in [1.29, 1.82) is 0 Å². The fourth-order valence-corrected chi connectivity index (χ4v) is 2.71. The summed E-state index contributed by atoms with van der Waals surface area (Å²) in [6, 6.07) is 8.14. The Morgan fingerprint density at radius 1 is 0.588 bits per heavy atom. The van der Waals surface area contributed by atoms with Gasteiger partial charge >= 0.3 is 12.4 Å². The van der Waals surface area contributed by atoms with E-state index in [-0.39, 0.29) is 11.5 Å². The molecule has 0 heterocycles. The van der Waals surface area contributed by atoms with E-state index in [4.69, 9.17) is 9.47 Å². The summed E-state index contributed by atoms with van der Waals surface area (Å²) in [5, 5.41) is 21.5. The van der Waals surface area contributed by atoms with Gasteiger partial charge in [-0.2, -0.15) is 26.3 Å². The van der Waals surface area contributed by atoms with Gasteiger partial charge in [-0.15, -0.1) is 0 Å². The van der Waals surface area contributed by atoms with Crippen LogP contribution in [0.3, 0.4) is 0 Å². The van der Waals surface area contributed by atoms with Crippen molar-refractivity contribution < 1.29 is 45.7 Å². The molecule has 178 valence electrons. The molecule has 3 rings (SSSR count). The second-order valence-electron chi connectivity index (χ2n) is 6.55. The summed E-state index contributed by atoms with van der Waals surface area (Å²) in [4.78, 5) is 19.5. The molecule has 0 unspecified atom stereocenters. The molecule has 0 bridgehead atoms. The Kier molecular flexibility index (Phi) is 6.34. The number of alkyl halides is 6. The second-order valence-corrected chi connectivity index (χ2v) is 6.55. The van der Waals surface area contributed by atoms with E-state index in [1.54, 1.807) is 0 Å². The lowest BCUT2D eigenvalue weighted by Gasteiger charge is -2.15. The van der Waals surface area contributed by atoms with Gasteiger partial charge in [0.05, 0.1) is 9.85 Å². The van der Waals surface area contributed by atoms with Crippen LogP contribution < -0.4 is 9.47 Å². The summed E-state index contributed by atoms with van der Waals surface area (Å²) in [7, 11) is 0. The standard InChI is InChI=1S/C20H10F6N2O6/c21-19(22,23)15-9-11(27(29)30)1-7-17(15)33-13-3-5-14(6-4-13)34-18-8-2-12(28(31)32)10-16(18)20(24,25)26/h1-10H. The summed E-state index contributed by atoms with van der Waals surface area (Å²) in [5.74, 6) is -1.82. The van der Waals surface area contributed by atoms with Crippen LogP contribution in [0, 0.1) is 20.2 Å². The molecule has 0 spiro atoms. The van der Waals surface area contributed by atoms with E-state index in [1.165, 1.54) is 0 Å². The molecular weight excluding hydrogens is 478 g/mol. The van der Waals surface area contributed by atoms with E-state index in [9.17, 15) is 46.6 Å². The Hall–Kier alpha value is -4.36. The second kappa shape index (κ2) is 8.88. The minimum Gasteiger partial charge on any atom is -0.457 e. The molecule has 34 heavy (non-hydrogen) atoms. The average Bonchev–Trinajstić information content (AvgIpc) is 2.74. The van der Waals surface area contributed by atoms with Gasteiger partial charge in [0.25, 0.3) is 11.4 Å². The minimum atomic E-state index is -4.96. The molecule has 0 saturated carbocycles. The first-order chi connectivity index (χ1) is 15.8. The Balaban J connectivity index is 1.86. The maximum atomic E-state index is 13.3. The number of hydrogen-bond donors (Lipinski definition) is 0. The third-order valence-corrected chi connectivity index (χ3v) is 4.24. The molecule has 0 aromatic heterocycles. The largest absolute Gasteiger partial charge is 0.457 e. The van der Waals surface area contributed by atoms with Gasteiger partial charge in [0.2, 0.25) is 0 Å². The van der Waals surface area contributed by atoms with Crippen LogP contribution in [0.4, 0.5) is 37.7 Å². The zero-order chi connectivity index (χ0) is 25.3. The number of benzene rings is 3. The van der Waals surface area contributed by atoms with Crippen LogP contribution in [0.5, 0.6) is 23.0 Å². The van der Waals surface area contributed by atoms with Gasteiger partial charge < -0.3 is 9.47 Å². The van der Waals surface area contributed by atoms with Crippen molar-refractivity contribution in [2.24, 2.45) is 0 Å². The summed E-state index contributed by atoms with van der Waals surface area (Å²) < 4.78 is 89.8. The predicted octanol–water partition coefficient (Wildman–Crippen LogP) is 7.13. The van der Waals surface area contributed by atoms with Gasteiger partial charge in [0.15, 0.2) is 0 Å². The minimum absolute atomic E-state index is 0.175. The molecule has 0 saturated heterocycles. The Morgan fingerprint density at radius 2 is 0.912 bits per heavy atom. The van der Waals surface area contributed by atoms with Crippen LogP contribution in [0.15, 0.2) is 60.7 Å². The summed E-state index contributed by atoms with van der Waals surface area (Å²) in [5.41, 5.74) is -4.40. The van der Waals surface area contributed by atoms with E-state index < -0.39 is 56.2 Å². The maximum absolute atomic E-state index is 13.3. The monoisotopic (exact) mass is 488 g/mol. The molecule has 3 aromatic carbocycles. The summed E-state index contributed by atoms with van der Waals surface area (Å²) >= 11 is 0. The Bertz CT molecular complexity index is 1150. The normalized spacial score (nSPS) is 11.7. The topological polar surface area (TPSA) is 105 Å². The fourth-order valence-electron chi connectivity index (χ4n) is 2.71. The van der Waals surface area contributed by atoms with Crippen LogP contribution >= 0.6 is 0 Å². The summed E-state index contributed by atoms with van der Waals surface area (Å²) in [6.07, 6.45) is -9.93. The van der Waals surface area contributed by atoms with Crippen LogP contribution in [-0.4, -0.2) is 9.85 Å². The molecule has 0 N–H and O–H groups in total. The molecular formula is C20H10F6N2O6. The maximum Gasteiger partial charge on any atom is 0.420 e. The van der Waals surface area contributed by atoms with Gasteiger partial charge in [0.1, 0.15) is 34.1 Å². The molecule has 0 fully saturated rings. The first kappa shape index (κ1) is 24.3. The number of ether oxygens (including phenoxy) is 2. The van der Waals surface area contributed by atoms with E-state index >= 15 is 0 Å². The van der Waals surface area contributed by atoms with E-state index in [2.05, 4.69) is 0 Å². The SMILES string of the molecule is O=[N+]([O-])c1ccc(Oc2ccc(Oc3ccc([N+](=O)[O-])cc3C(F)(F)F)cc2)c(C(F)(F)F)c1. The van der Waals surface area contributed by atoms with Gasteiger partial charge in [0, 0.05) is 24.3 Å². The fraction of sp³-hybridized carbons (Fsp3) is 0.100. The Morgan fingerprint density at radius 3 is 1.18 bits per heavy atom. The number of rotatable bonds is 6. The highest BCUT2D eigenvalue weighted by Crippen LogP contribution is 2.42. The predicted molar refractivity (Wildman–Crippen MR) is 103 cm³/mol. The zero-order valence-corrected chi connectivity index (χ0v) is 16.4. The van der Waals surface area contributed by atoms with E-state index in [1.807, 2.05) is 0 Å². The van der Waals surface area contributed by atoms with Crippen molar-refractivity contribution in [3.8, 4) is 23.0 Å². The van der Waals surface area contributed by atoms with Gasteiger partial charge in [-0.3, -0.25) is 20.2 Å². The highest BCUT2D eigenvalue weighted by Gasteiger charge is 2.37. The van der Waals surface area contributed by atoms with Crippen LogP contribution in [0.1, 0.15) is 11.1 Å². The molecule has 3 aromatic rings. The number of nitro groups is 2. The Labute approximate surface area is 185 Å². The number of nitrogens with zero attached hydrogens (tertiary/aromatic N) is 2. The quantitative estimate of drug-likeness (QED) is 0.208. The zero-order valence-electron chi connectivity index (χ0n) is 16.4. The van der Waals surface area contributed by atoms with Crippen molar-refractivity contribution >= 4 is 11.4 Å². The molecule has 14 heteroatoms. The average molecular weight is 488 g/mol. The van der Waals surface area contributed by atoms with Crippen LogP contribution in [0.25, 0.3) is 0 Å². The van der Waals surface area contributed by atoms with Crippen LogP contribution in [-0.2, 0) is 12.4 Å².